The molecule has 0 aliphatic rings. The summed E-state index contributed by atoms with van der Waals surface area (Å²) in [5, 5.41) is 1.92. The third-order valence-corrected chi connectivity index (χ3v) is 6.56. The van der Waals surface area contributed by atoms with Gasteiger partial charge in [-0.05, 0) is 62.2 Å². The average Bonchev–Trinajstić information content (AvgIpc) is 3.19. The van der Waals surface area contributed by atoms with Crippen LogP contribution in [0.5, 0.6) is 0 Å². The van der Waals surface area contributed by atoms with Crippen LogP contribution in [0.2, 0.25) is 0 Å². The second-order valence-corrected chi connectivity index (χ2v) is 8.45. The molecule has 3 aromatic carbocycles. The van der Waals surface area contributed by atoms with Crippen LogP contribution < -0.4 is 9.47 Å². The highest BCUT2D eigenvalue weighted by Crippen LogP contribution is 2.41. The Hall–Kier alpha value is -3.66. The van der Waals surface area contributed by atoms with E-state index in [1.54, 1.807) is 6.07 Å². The SMILES string of the molecule is CCN(CC)c1ccc(-c2c(F)ccc3c2oc2c(-c4cccc[n+]4C)c(C)ccc23)cc1. The van der Waals surface area contributed by atoms with Crippen molar-refractivity contribution in [2.75, 3.05) is 18.0 Å². The number of halogens is 1. The van der Waals surface area contributed by atoms with E-state index >= 15 is 4.39 Å². The number of benzene rings is 3. The maximum absolute atomic E-state index is 15.2. The summed E-state index contributed by atoms with van der Waals surface area (Å²) in [5.74, 6) is -0.277. The molecule has 0 saturated heterocycles. The van der Waals surface area contributed by atoms with E-state index in [0.717, 1.165) is 57.5 Å². The number of furan rings is 1. The van der Waals surface area contributed by atoms with Crippen molar-refractivity contribution >= 4 is 27.6 Å². The molecule has 0 radical (unpaired) electrons. The number of hydrogen-bond donors (Lipinski definition) is 0. The quantitative estimate of drug-likeness (QED) is 0.274. The van der Waals surface area contributed by atoms with E-state index in [0.29, 0.717) is 11.1 Å². The van der Waals surface area contributed by atoms with Gasteiger partial charge in [0.2, 0.25) is 5.69 Å². The van der Waals surface area contributed by atoms with Crippen molar-refractivity contribution in [3.8, 4) is 22.4 Å². The topological polar surface area (TPSA) is 20.3 Å². The van der Waals surface area contributed by atoms with E-state index in [1.165, 1.54) is 0 Å². The van der Waals surface area contributed by atoms with E-state index in [-0.39, 0.29) is 5.82 Å². The fraction of sp³-hybridized carbons (Fsp3) is 0.207. The Morgan fingerprint density at radius 1 is 0.818 bits per heavy atom. The second kappa shape index (κ2) is 8.36. The van der Waals surface area contributed by atoms with E-state index in [1.807, 2.05) is 43.6 Å². The highest BCUT2D eigenvalue weighted by Gasteiger charge is 2.22. The molecule has 4 heteroatoms. The van der Waals surface area contributed by atoms with Crippen LogP contribution in [-0.2, 0) is 7.05 Å². The molecule has 0 aliphatic heterocycles. The molecule has 2 heterocycles. The van der Waals surface area contributed by atoms with Gasteiger partial charge < -0.3 is 9.32 Å². The molecule has 0 spiro atoms. The van der Waals surface area contributed by atoms with Crippen LogP contribution in [-0.4, -0.2) is 13.1 Å². The Bertz CT molecular complexity index is 1460. The molecule has 5 aromatic rings. The lowest BCUT2D eigenvalue weighted by Crippen LogP contribution is -2.30. The summed E-state index contributed by atoms with van der Waals surface area (Å²) in [6.07, 6.45) is 2.03. The third kappa shape index (κ3) is 3.46. The highest BCUT2D eigenvalue weighted by molar-refractivity contribution is 6.13. The van der Waals surface area contributed by atoms with Crippen molar-refractivity contribution < 1.29 is 13.4 Å². The minimum atomic E-state index is -0.277. The second-order valence-electron chi connectivity index (χ2n) is 8.45. The smallest absolute Gasteiger partial charge is 0.216 e. The van der Waals surface area contributed by atoms with Crippen LogP contribution in [0.25, 0.3) is 44.3 Å². The predicted molar refractivity (Wildman–Crippen MR) is 134 cm³/mol. The Morgan fingerprint density at radius 2 is 1.48 bits per heavy atom. The fourth-order valence-corrected chi connectivity index (χ4v) is 4.78. The molecule has 0 bridgehead atoms. The normalized spacial score (nSPS) is 11.4. The first-order valence-corrected chi connectivity index (χ1v) is 11.5. The Morgan fingerprint density at radius 3 is 2.15 bits per heavy atom. The molecule has 3 nitrogen and oxygen atoms in total. The largest absolute Gasteiger partial charge is 0.454 e. The average molecular weight is 440 g/mol. The van der Waals surface area contributed by atoms with Gasteiger partial charge >= 0.3 is 0 Å². The minimum Gasteiger partial charge on any atom is -0.454 e. The van der Waals surface area contributed by atoms with Crippen molar-refractivity contribution in [2.45, 2.75) is 20.8 Å². The Kier molecular flexibility index (Phi) is 5.37. The van der Waals surface area contributed by atoms with Crippen molar-refractivity contribution in [1.82, 2.24) is 0 Å². The predicted octanol–water partition coefficient (Wildman–Crippen LogP) is 7.04. The third-order valence-electron chi connectivity index (χ3n) is 6.56. The maximum Gasteiger partial charge on any atom is 0.216 e. The van der Waals surface area contributed by atoms with Crippen molar-refractivity contribution in [3.05, 3.63) is 84.3 Å². The number of aromatic nitrogens is 1. The molecule has 166 valence electrons. The molecule has 2 aromatic heterocycles. The summed E-state index contributed by atoms with van der Waals surface area (Å²) in [6.45, 7) is 8.23. The molecule has 5 rings (SSSR count). The zero-order chi connectivity index (χ0) is 23.1. The zero-order valence-corrected chi connectivity index (χ0v) is 19.5. The fourth-order valence-electron chi connectivity index (χ4n) is 4.78. The monoisotopic (exact) mass is 439 g/mol. The van der Waals surface area contributed by atoms with Gasteiger partial charge in [0, 0.05) is 41.7 Å². The van der Waals surface area contributed by atoms with Gasteiger partial charge in [-0.2, -0.15) is 0 Å². The number of nitrogens with zero attached hydrogens (tertiary/aromatic N) is 2. The molecule has 0 saturated carbocycles. The lowest BCUT2D eigenvalue weighted by molar-refractivity contribution is -0.660. The van der Waals surface area contributed by atoms with E-state index in [2.05, 4.69) is 60.6 Å². The first-order chi connectivity index (χ1) is 16.0. The maximum atomic E-state index is 15.2. The lowest BCUT2D eigenvalue weighted by Gasteiger charge is -2.21. The molecular formula is C29H28FN2O+. The van der Waals surface area contributed by atoms with Gasteiger partial charge in [-0.1, -0.05) is 24.3 Å². The van der Waals surface area contributed by atoms with Crippen LogP contribution in [0.1, 0.15) is 19.4 Å². The molecule has 0 atom stereocenters. The standard InChI is InChI=1S/C29H28FN2O/c1-5-32(6-2)21-13-11-20(12-14-21)27-24(30)17-16-23-22-15-10-19(3)26(28(22)33-29(23)27)25-9-7-8-18-31(25)4/h7-18H,5-6H2,1-4H3/q+1. The summed E-state index contributed by atoms with van der Waals surface area (Å²) < 4.78 is 23.8. The minimum absolute atomic E-state index is 0.277. The summed E-state index contributed by atoms with van der Waals surface area (Å²) in [5.41, 5.74) is 7.06. The summed E-state index contributed by atoms with van der Waals surface area (Å²) >= 11 is 0. The van der Waals surface area contributed by atoms with Crippen LogP contribution >= 0.6 is 0 Å². The number of hydrogen-bond acceptors (Lipinski definition) is 2. The summed E-state index contributed by atoms with van der Waals surface area (Å²) in [6, 6.07) is 21.8. The first kappa shape index (κ1) is 21.2. The highest BCUT2D eigenvalue weighted by atomic mass is 19.1. The van der Waals surface area contributed by atoms with E-state index in [9.17, 15) is 0 Å². The molecule has 0 unspecified atom stereocenters. The molecule has 0 N–H and O–H groups in total. The van der Waals surface area contributed by atoms with Crippen molar-refractivity contribution in [1.29, 1.82) is 0 Å². The van der Waals surface area contributed by atoms with Gasteiger partial charge in [0.05, 0.1) is 11.1 Å². The van der Waals surface area contributed by atoms with Crippen molar-refractivity contribution in [2.24, 2.45) is 7.05 Å². The Labute approximate surface area is 193 Å². The van der Waals surface area contributed by atoms with Crippen LogP contribution in [0.3, 0.4) is 0 Å². The van der Waals surface area contributed by atoms with Crippen LogP contribution in [0.15, 0.2) is 77.3 Å². The number of pyridine rings is 1. The van der Waals surface area contributed by atoms with Crippen molar-refractivity contribution in [3.63, 3.8) is 0 Å². The summed E-state index contributed by atoms with van der Waals surface area (Å²) in [4.78, 5) is 2.27. The number of fused-ring (bicyclic) bond motifs is 3. The van der Waals surface area contributed by atoms with Gasteiger partial charge in [-0.15, -0.1) is 0 Å². The van der Waals surface area contributed by atoms with Gasteiger partial charge in [-0.25, -0.2) is 8.96 Å². The summed E-state index contributed by atoms with van der Waals surface area (Å²) in [7, 11) is 2.03. The van der Waals surface area contributed by atoms with E-state index in [4.69, 9.17) is 4.42 Å². The zero-order valence-electron chi connectivity index (χ0n) is 19.5. The molecule has 0 fully saturated rings. The van der Waals surface area contributed by atoms with Gasteiger partial charge in [0.15, 0.2) is 6.20 Å². The molecular weight excluding hydrogens is 411 g/mol. The molecule has 0 aliphatic carbocycles. The van der Waals surface area contributed by atoms with E-state index < -0.39 is 0 Å². The lowest BCUT2D eigenvalue weighted by atomic mass is 9.98. The number of aryl methyl sites for hydroxylation is 2. The molecule has 0 amide bonds. The van der Waals surface area contributed by atoms with Crippen LogP contribution in [0.4, 0.5) is 10.1 Å². The molecule has 33 heavy (non-hydrogen) atoms. The van der Waals surface area contributed by atoms with Gasteiger partial charge in [0.1, 0.15) is 24.0 Å². The number of anilines is 1. The first-order valence-electron chi connectivity index (χ1n) is 11.5. The van der Waals surface area contributed by atoms with Crippen LogP contribution in [0, 0.1) is 12.7 Å². The Balaban J connectivity index is 1.76. The number of rotatable bonds is 5. The van der Waals surface area contributed by atoms with Gasteiger partial charge in [0.25, 0.3) is 0 Å². The van der Waals surface area contributed by atoms with Gasteiger partial charge in [-0.3, -0.25) is 0 Å².